The fraction of sp³-hybridized carbons (Fsp3) is 0.500. The van der Waals surface area contributed by atoms with Gasteiger partial charge in [0, 0.05) is 26.6 Å². The van der Waals surface area contributed by atoms with Crippen LogP contribution in [-0.2, 0) is 22.6 Å². The van der Waals surface area contributed by atoms with Gasteiger partial charge in [-0.2, -0.15) is 0 Å². The van der Waals surface area contributed by atoms with Crippen LogP contribution in [0.4, 0.5) is 0 Å². The van der Waals surface area contributed by atoms with Crippen LogP contribution in [0.3, 0.4) is 0 Å². The van der Waals surface area contributed by atoms with E-state index in [1.54, 1.807) is 19.1 Å². The highest BCUT2D eigenvalue weighted by atomic mass is 16.5. The average molecular weight is 345 g/mol. The van der Waals surface area contributed by atoms with E-state index in [1.807, 2.05) is 12.1 Å². The Hall–Kier alpha value is -2.25. The molecular formula is C18H23N3O4. The minimum atomic E-state index is -0.406. The van der Waals surface area contributed by atoms with Crippen LogP contribution < -0.4 is 0 Å². The number of hydrogen-bond donors (Lipinski definition) is 0. The summed E-state index contributed by atoms with van der Waals surface area (Å²) in [6.07, 6.45) is 0.484. The molecule has 7 nitrogen and oxygen atoms in total. The molecule has 0 spiro atoms. The van der Waals surface area contributed by atoms with E-state index >= 15 is 0 Å². The predicted molar refractivity (Wildman–Crippen MR) is 89.9 cm³/mol. The lowest BCUT2D eigenvalue weighted by molar-refractivity contribution is -0.0704. The molecule has 25 heavy (non-hydrogen) atoms. The van der Waals surface area contributed by atoms with E-state index in [9.17, 15) is 4.79 Å². The van der Waals surface area contributed by atoms with Crippen LogP contribution in [0, 0.1) is 6.92 Å². The fourth-order valence-electron chi connectivity index (χ4n) is 3.02. The summed E-state index contributed by atoms with van der Waals surface area (Å²) in [5.74, 6) is 0.330. The number of aryl methyl sites for hydroxylation is 1. The summed E-state index contributed by atoms with van der Waals surface area (Å²) in [5, 5.41) is 7.49. The Kier molecular flexibility index (Phi) is 5.45. The molecule has 2 atom stereocenters. The van der Waals surface area contributed by atoms with Gasteiger partial charge in [0.2, 0.25) is 5.89 Å². The van der Waals surface area contributed by atoms with Crippen LogP contribution >= 0.6 is 0 Å². The molecule has 1 aromatic heterocycles. The van der Waals surface area contributed by atoms with Crippen molar-refractivity contribution >= 4 is 5.97 Å². The first-order valence-electron chi connectivity index (χ1n) is 8.42. The zero-order valence-corrected chi connectivity index (χ0v) is 14.8. The topological polar surface area (TPSA) is 77.7 Å². The van der Waals surface area contributed by atoms with Crippen LogP contribution in [0.2, 0.25) is 0 Å². The molecule has 2 aromatic rings. The number of carbonyl (C=O) groups is 1. The first kappa shape index (κ1) is 17.6. The van der Waals surface area contributed by atoms with Gasteiger partial charge in [-0.1, -0.05) is 12.1 Å². The van der Waals surface area contributed by atoms with Gasteiger partial charge in [-0.15, -0.1) is 10.2 Å². The van der Waals surface area contributed by atoms with Crippen molar-refractivity contribution in [2.24, 2.45) is 0 Å². The molecule has 2 unspecified atom stereocenters. The fourth-order valence-corrected chi connectivity index (χ4v) is 3.02. The third-order valence-corrected chi connectivity index (χ3v) is 3.99. The molecule has 0 radical (unpaired) electrons. The van der Waals surface area contributed by atoms with Gasteiger partial charge in [-0.05, 0) is 31.5 Å². The molecule has 0 amide bonds. The lowest BCUT2D eigenvalue weighted by Gasteiger charge is -2.35. The predicted octanol–water partition coefficient (Wildman–Crippen LogP) is 2.34. The quantitative estimate of drug-likeness (QED) is 0.770. The van der Waals surface area contributed by atoms with E-state index in [0.29, 0.717) is 11.5 Å². The van der Waals surface area contributed by atoms with E-state index in [4.69, 9.17) is 13.9 Å². The van der Waals surface area contributed by atoms with Crippen molar-refractivity contribution in [3.63, 3.8) is 0 Å². The molecule has 1 aliphatic heterocycles. The maximum absolute atomic E-state index is 12.1. The summed E-state index contributed by atoms with van der Waals surface area (Å²) in [6, 6.07) is 7.48. The molecule has 1 aliphatic rings. The number of ether oxygens (including phenoxy) is 2. The van der Waals surface area contributed by atoms with Gasteiger partial charge in [0.1, 0.15) is 0 Å². The average Bonchev–Trinajstić information content (AvgIpc) is 2.98. The molecule has 0 N–H and O–H groups in total. The molecule has 1 aromatic carbocycles. The summed E-state index contributed by atoms with van der Waals surface area (Å²) in [5.41, 5.74) is 1.66. The summed E-state index contributed by atoms with van der Waals surface area (Å²) < 4.78 is 16.1. The van der Waals surface area contributed by atoms with Gasteiger partial charge >= 0.3 is 5.97 Å². The number of benzene rings is 1. The molecule has 0 saturated carbocycles. The maximum atomic E-state index is 12.1. The number of morpholine rings is 1. The van der Waals surface area contributed by atoms with E-state index in [-0.39, 0.29) is 24.7 Å². The lowest BCUT2D eigenvalue weighted by atomic mass is 10.1. The zero-order valence-electron chi connectivity index (χ0n) is 14.8. The Morgan fingerprint density at radius 2 is 1.88 bits per heavy atom. The van der Waals surface area contributed by atoms with Crippen LogP contribution in [0.15, 0.2) is 28.7 Å². The van der Waals surface area contributed by atoms with Crippen LogP contribution in [0.5, 0.6) is 0 Å². The van der Waals surface area contributed by atoms with E-state index < -0.39 is 5.97 Å². The smallest absolute Gasteiger partial charge is 0.338 e. The van der Waals surface area contributed by atoms with Crippen molar-refractivity contribution in [2.75, 3.05) is 13.1 Å². The van der Waals surface area contributed by atoms with Crippen LogP contribution in [-0.4, -0.2) is 46.4 Å². The highest BCUT2D eigenvalue weighted by Gasteiger charge is 2.22. The molecule has 1 saturated heterocycles. The largest absolute Gasteiger partial charge is 0.452 e. The molecule has 134 valence electrons. The van der Waals surface area contributed by atoms with Crippen LogP contribution in [0.1, 0.15) is 41.6 Å². The Labute approximate surface area is 146 Å². The third kappa shape index (κ3) is 4.87. The first-order chi connectivity index (χ1) is 12.0. The lowest BCUT2D eigenvalue weighted by Crippen LogP contribution is -2.44. The van der Waals surface area contributed by atoms with E-state index in [2.05, 4.69) is 28.9 Å². The highest BCUT2D eigenvalue weighted by molar-refractivity contribution is 5.89. The van der Waals surface area contributed by atoms with Crippen molar-refractivity contribution in [3.8, 4) is 0 Å². The molecule has 3 rings (SSSR count). The van der Waals surface area contributed by atoms with Gasteiger partial charge in [0.15, 0.2) is 6.61 Å². The van der Waals surface area contributed by atoms with Crippen molar-refractivity contribution in [3.05, 3.63) is 47.2 Å². The molecular weight excluding hydrogens is 322 g/mol. The Bertz CT molecular complexity index is 703. The summed E-state index contributed by atoms with van der Waals surface area (Å²) >= 11 is 0. The number of carbonyl (C=O) groups excluding carboxylic acids is 1. The number of hydrogen-bond acceptors (Lipinski definition) is 7. The number of esters is 1. The molecule has 7 heteroatoms. The summed E-state index contributed by atoms with van der Waals surface area (Å²) in [4.78, 5) is 14.4. The van der Waals surface area contributed by atoms with Crippen molar-refractivity contribution < 1.29 is 18.7 Å². The van der Waals surface area contributed by atoms with Gasteiger partial charge in [0.05, 0.1) is 17.8 Å². The minimum Gasteiger partial charge on any atom is -0.452 e. The third-order valence-electron chi connectivity index (χ3n) is 3.99. The van der Waals surface area contributed by atoms with Crippen molar-refractivity contribution in [1.29, 1.82) is 0 Å². The molecule has 0 aliphatic carbocycles. The zero-order chi connectivity index (χ0) is 17.8. The second-order valence-corrected chi connectivity index (χ2v) is 6.44. The Morgan fingerprint density at radius 1 is 1.20 bits per heavy atom. The molecule has 2 heterocycles. The van der Waals surface area contributed by atoms with Gasteiger partial charge < -0.3 is 13.9 Å². The highest BCUT2D eigenvalue weighted by Crippen LogP contribution is 2.15. The van der Waals surface area contributed by atoms with E-state index in [1.165, 1.54) is 0 Å². The van der Waals surface area contributed by atoms with E-state index in [0.717, 1.165) is 25.2 Å². The normalized spacial score (nSPS) is 21.2. The minimum absolute atomic E-state index is 0.0228. The molecule has 0 bridgehead atoms. The number of nitrogens with zero attached hydrogens (tertiary/aromatic N) is 3. The SMILES string of the molecule is Cc1nnc(COC(=O)c2ccc(CN3CC(C)OC(C)C3)cc2)o1. The van der Waals surface area contributed by atoms with Crippen molar-refractivity contribution in [2.45, 2.75) is 46.1 Å². The Balaban J connectivity index is 1.53. The first-order valence-corrected chi connectivity index (χ1v) is 8.42. The van der Waals surface area contributed by atoms with Crippen LogP contribution in [0.25, 0.3) is 0 Å². The maximum Gasteiger partial charge on any atom is 0.338 e. The standard InChI is InChI=1S/C18H23N3O4/c1-12-8-21(9-13(2)24-12)10-15-4-6-16(7-5-15)18(22)23-11-17-20-19-14(3)25-17/h4-7,12-13H,8-11H2,1-3H3. The van der Waals surface area contributed by atoms with Crippen molar-refractivity contribution in [1.82, 2.24) is 15.1 Å². The second-order valence-electron chi connectivity index (χ2n) is 6.44. The summed E-state index contributed by atoms with van der Waals surface area (Å²) in [6.45, 7) is 8.52. The number of aromatic nitrogens is 2. The van der Waals surface area contributed by atoms with Gasteiger partial charge in [0.25, 0.3) is 5.89 Å². The molecule has 1 fully saturated rings. The van der Waals surface area contributed by atoms with Gasteiger partial charge in [-0.25, -0.2) is 4.79 Å². The second kappa shape index (κ2) is 7.76. The summed E-state index contributed by atoms with van der Waals surface area (Å²) in [7, 11) is 0. The monoisotopic (exact) mass is 345 g/mol. The number of rotatable bonds is 5. The Morgan fingerprint density at radius 3 is 2.48 bits per heavy atom. The van der Waals surface area contributed by atoms with Gasteiger partial charge in [-0.3, -0.25) is 4.90 Å².